The molecule has 3 rings (SSSR count). The fraction of sp³-hybridized carbons (Fsp3) is 0.304. The molecule has 0 fully saturated rings. The van der Waals surface area contributed by atoms with Gasteiger partial charge in [0.05, 0.1) is 6.61 Å². The standard InChI is InChI=1S/C23H26N2O6/c1-3-15-4-8-17(9-5-15)18-10-6-16(7-11-18)14-30-23(2,22(28)24-29)21(27)20-12-19(13-26)31-25-20/h4-12,21,26-27,29H,3,13-14H2,1-2H3,(H,24,28)/t21-,23+/m1/s1. The summed E-state index contributed by atoms with van der Waals surface area (Å²) in [6.07, 6.45) is -0.557. The highest BCUT2D eigenvalue weighted by molar-refractivity contribution is 5.84. The molecule has 0 bridgehead atoms. The summed E-state index contributed by atoms with van der Waals surface area (Å²) in [5, 5.41) is 32.6. The Morgan fingerprint density at radius 2 is 1.71 bits per heavy atom. The van der Waals surface area contributed by atoms with Gasteiger partial charge in [-0.25, -0.2) is 5.48 Å². The van der Waals surface area contributed by atoms with Crippen LogP contribution in [0, 0.1) is 0 Å². The first-order valence-corrected chi connectivity index (χ1v) is 9.92. The molecule has 2 atom stereocenters. The van der Waals surface area contributed by atoms with Gasteiger partial charge in [-0.3, -0.25) is 10.0 Å². The van der Waals surface area contributed by atoms with Crippen molar-refractivity contribution in [3.8, 4) is 11.1 Å². The van der Waals surface area contributed by atoms with Crippen molar-refractivity contribution in [2.45, 2.75) is 45.2 Å². The summed E-state index contributed by atoms with van der Waals surface area (Å²) < 4.78 is 10.6. The summed E-state index contributed by atoms with van der Waals surface area (Å²) in [5.41, 5.74) is 3.85. The maximum Gasteiger partial charge on any atom is 0.278 e. The number of amides is 1. The number of carbonyl (C=O) groups excluding carboxylic acids is 1. The first-order chi connectivity index (χ1) is 14.9. The predicted octanol–water partition coefficient (Wildman–Crippen LogP) is 2.91. The first-order valence-electron chi connectivity index (χ1n) is 9.92. The van der Waals surface area contributed by atoms with Crippen molar-refractivity contribution in [1.29, 1.82) is 0 Å². The van der Waals surface area contributed by atoms with Crippen LogP contribution in [0.5, 0.6) is 0 Å². The van der Waals surface area contributed by atoms with E-state index in [1.54, 1.807) is 0 Å². The highest BCUT2D eigenvalue weighted by Crippen LogP contribution is 2.31. The highest BCUT2D eigenvalue weighted by Gasteiger charge is 2.44. The Hall–Kier alpha value is -3.04. The number of benzene rings is 2. The molecule has 2 aromatic carbocycles. The number of aryl methyl sites for hydroxylation is 1. The maximum atomic E-state index is 12.3. The summed E-state index contributed by atoms with van der Waals surface area (Å²) >= 11 is 0. The number of ether oxygens (including phenoxy) is 1. The second-order valence-corrected chi connectivity index (χ2v) is 7.36. The van der Waals surface area contributed by atoms with Gasteiger partial charge in [-0.1, -0.05) is 60.6 Å². The zero-order valence-corrected chi connectivity index (χ0v) is 17.4. The maximum absolute atomic E-state index is 12.3. The van der Waals surface area contributed by atoms with Gasteiger partial charge in [0.1, 0.15) is 18.4 Å². The van der Waals surface area contributed by atoms with E-state index in [9.17, 15) is 9.90 Å². The Morgan fingerprint density at radius 1 is 1.13 bits per heavy atom. The number of nitrogens with zero attached hydrogens (tertiary/aromatic N) is 1. The van der Waals surface area contributed by atoms with E-state index in [0.29, 0.717) is 0 Å². The van der Waals surface area contributed by atoms with Crippen LogP contribution in [0.1, 0.15) is 42.5 Å². The lowest BCUT2D eigenvalue weighted by atomic mass is 9.95. The number of hydrogen-bond donors (Lipinski definition) is 4. The number of aromatic nitrogens is 1. The summed E-state index contributed by atoms with van der Waals surface area (Å²) in [5.74, 6) is -0.815. The van der Waals surface area contributed by atoms with Gasteiger partial charge in [-0.05, 0) is 35.6 Å². The van der Waals surface area contributed by atoms with Gasteiger partial charge in [0, 0.05) is 6.07 Å². The van der Waals surface area contributed by atoms with Crippen LogP contribution in [0.2, 0.25) is 0 Å². The fourth-order valence-corrected chi connectivity index (χ4v) is 3.15. The van der Waals surface area contributed by atoms with E-state index in [-0.39, 0.29) is 18.1 Å². The molecule has 0 saturated carbocycles. The van der Waals surface area contributed by atoms with Crippen LogP contribution in [-0.4, -0.2) is 32.1 Å². The lowest BCUT2D eigenvalue weighted by Crippen LogP contribution is -2.50. The Kier molecular flexibility index (Phi) is 7.19. The zero-order chi connectivity index (χ0) is 22.4. The summed E-state index contributed by atoms with van der Waals surface area (Å²) in [6, 6.07) is 17.3. The van der Waals surface area contributed by atoms with Crippen LogP contribution in [0.15, 0.2) is 59.1 Å². The van der Waals surface area contributed by atoms with Crippen LogP contribution >= 0.6 is 0 Å². The third-order valence-corrected chi connectivity index (χ3v) is 5.28. The van der Waals surface area contributed by atoms with E-state index >= 15 is 0 Å². The summed E-state index contributed by atoms with van der Waals surface area (Å²) in [4.78, 5) is 12.3. The third kappa shape index (κ3) is 5.00. The van der Waals surface area contributed by atoms with E-state index < -0.39 is 24.2 Å². The number of aliphatic hydroxyl groups is 2. The van der Waals surface area contributed by atoms with Gasteiger partial charge >= 0.3 is 0 Å². The molecule has 0 spiro atoms. The van der Waals surface area contributed by atoms with Crippen LogP contribution < -0.4 is 5.48 Å². The van der Waals surface area contributed by atoms with Crippen LogP contribution in [0.3, 0.4) is 0 Å². The van der Waals surface area contributed by atoms with Gasteiger partial charge in [-0.2, -0.15) is 0 Å². The SMILES string of the molecule is CCc1ccc(-c2ccc(CO[C@](C)(C(=O)NO)[C@H](O)c3cc(CO)on3)cc2)cc1. The van der Waals surface area contributed by atoms with Crippen LogP contribution in [-0.2, 0) is 29.2 Å². The molecule has 0 radical (unpaired) electrons. The quantitative estimate of drug-likeness (QED) is 0.306. The van der Waals surface area contributed by atoms with Crippen molar-refractivity contribution in [2.75, 3.05) is 0 Å². The minimum atomic E-state index is -1.85. The van der Waals surface area contributed by atoms with Crippen molar-refractivity contribution >= 4 is 5.91 Å². The Labute approximate surface area is 180 Å². The number of hydroxylamine groups is 1. The molecule has 0 aliphatic carbocycles. The van der Waals surface area contributed by atoms with E-state index in [1.807, 2.05) is 24.3 Å². The fourth-order valence-electron chi connectivity index (χ4n) is 3.15. The highest BCUT2D eigenvalue weighted by atomic mass is 16.5. The zero-order valence-electron chi connectivity index (χ0n) is 17.4. The molecule has 0 aliphatic rings. The van der Waals surface area contributed by atoms with E-state index in [4.69, 9.17) is 19.6 Å². The minimum absolute atomic E-state index is 0.000735. The molecule has 31 heavy (non-hydrogen) atoms. The van der Waals surface area contributed by atoms with Crippen LogP contribution in [0.4, 0.5) is 0 Å². The van der Waals surface area contributed by atoms with Gasteiger partial charge in [0.25, 0.3) is 5.91 Å². The second kappa shape index (κ2) is 9.84. The molecule has 0 unspecified atom stereocenters. The van der Waals surface area contributed by atoms with Gasteiger partial charge < -0.3 is 19.5 Å². The Bertz CT molecular complexity index is 1000. The minimum Gasteiger partial charge on any atom is -0.388 e. The smallest absolute Gasteiger partial charge is 0.278 e. The molecule has 4 N–H and O–H groups in total. The van der Waals surface area contributed by atoms with E-state index in [0.717, 1.165) is 23.1 Å². The Balaban J connectivity index is 1.74. The summed E-state index contributed by atoms with van der Waals surface area (Å²) in [6.45, 7) is 3.04. The molecule has 0 saturated heterocycles. The Morgan fingerprint density at radius 3 is 2.19 bits per heavy atom. The third-order valence-electron chi connectivity index (χ3n) is 5.28. The lowest BCUT2D eigenvalue weighted by molar-refractivity contribution is -0.174. The molecular weight excluding hydrogens is 400 g/mol. The molecule has 1 amide bonds. The lowest BCUT2D eigenvalue weighted by Gasteiger charge is -2.31. The number of rotatable bonds is 9. The molecule has 164 valence electrons. The molecule has 1 aromatic heterocycles. The summed E-state index contributed by atoms with van der Waals surface area (Å²) in [7, 11) is 0. The van der Waals surface area contributed by atoms with Crippen molar-refractivity contribution in [3.63, 3.8) is 0 Å². The average molecular weight is 426 g/mol. The van der Waals surface area contributed by atoms with Gasteiger partial charge in [-0.15, -0.1) is 0 Å². The topological polar surface area (TPSA) is 125 Å². The van der Waals surface area contributed by atoms with Gasteiger partial charge in [0.15, 0.2) is 11.4 Å². The van der Waals surface area contributed by atoms with Crippen molar-refractivity contribution in [1.82, 2.24) is 10.6 Å². The molecule has 8 nitrogen and oxygen atoms in total. The molecule has 1 heterocycles. The van der Waals surface area contributed by atoms with Crippen molar-refractivity contribution in [3.05, 3.63) is 77.2 Å². The van der Waals surface area contributed by atoms with Gasteiger partial charge in [0.2, 0.25) is 0 Å². The van der Waals surface area contributed by atoms with E-state index in [2.05, 4.69) is 36.3 Å². The van der Waals surface area contributed by atoms with Crippen molar-refractivity contribution in [2.24, 2.45) is 0 Å². The normalized spacial score (nSPS) is 14.1. The number of nitrogens with one attached hydrogen (secondary N) is 1. The number of aliphatic hydroxyl groups excluding tert-OH is 2. The second-order valence-electron chi connectivity index (χ2n) is 7.36. The van der Waals surface area contributed by atoms with E-state index in [1.165, 1.54) is 24.0 Å². The number of carbonyl (C=O) groups is 1. The van der Waals surface area contributed by atoms with Crippen LogP contribution in [0.25, 0.3) is 11.1 Å². The average Bonchev–Trinajstić information content (AvgIpc) is 3.31. The molecule has 0 aliphatic heterocycles. The molecule has 3 aromatic rings. The predicted molar refractivity (Wildman–Crippen MR) is 112 cm³/mol. The van der Waals surface area contributed by atoms with Crippen molar-refractivity contribution < 1.29 is 29.5 Å². The molecular formula is C23H26N2O6. The largest absolute Gasteiger partial charge is 0.388 e. The monoisotopic (exact) mass is 426 g/mol. The first kappa shape index (κ1) is 22.6. The molecule has 8 heteroatoms. The number of hydrogen-bond acceptors (Lipinski definition) is 7.